The number of nitrogens with zero attached hydrogens (tertiary/aromatic N) is 2. The molecular weight excluding hydrogens is 188 g/mol. The summed E-state index contributed by atoms with van der Waals surface area (Å²) < 4.78 is 1.63. The summed E-state index contributed by atoms with van der Waals surface area (Å²) in [7, 11) is 0. The second-order valence-corrected chi connectivity index (χ2v) is 4.28. The van der Waals surface area contributed by atoms with Crippen LogP contribution in [-0.2, 0) is 6.54 Å². The lowest BCUT2D eigenvalue weighted by Crippen LogP contribution is -2.25. The van der Waals surface area contributed by atoms with Gasteiger partial charge in [0, 0.05) is 12.7 Å². The van der Waals surface area contributed by atoms with Crippen LogP contribution in [0.2, 0.25) is 0 Å². The summed E-state index contributed by atoms with van der Waals surface area (Å²) in [5, 5.41) is 8.92. The molecule has 0 saturated carbocycles. The Hall–Kier alpha value is -1.56. The number of hydrogen-bond acceptors (Lipinski definition) is 2. The minimum absolute atomic E-state index is 0.172. The van der Waals surface area contributed by atoms with Crippen LogP contribution in [0.15, 0.2) is 11.0 Å². The van der Waals surface area contributed by atoms with Gasteiger partial charge in [-0.1, -0.05) is 13.8 Å². The first-order valence-electron chi connectivity index (χ1n) is 5.08. The van der Waals surface area contributed by atoms with E-state index in [4.69, 9.17) is 5.26 Å². The standard InChI is InChI=1S/C12H16N2O/c1-8(2)6-14-7-9(3)10(4)11(5-13)12(14)15/h7-8H,6H2,1-4H3. The average Bonchev–Trinajstić information content (AvgIpc) is 2.14. The van der Waals surface area contributed by atoms with Crippen LogP contribution in [0.5, 0.6) is 0 Å². The fourth-order valence-corrected chi connectivity index (χ4v) is 1.55. The topological polar surface area (TPSA) is 45.8 Å². The molecule has 1 aromatic heterocycles. The highest BCUT2D eigenvalue weighted by molar-refractivity contribution is 5.38. The molecule has 0 aliphatic carbocycles. The first kappa shape index (κ1) is 11.5. The van der Waals surface area contributed by atoms with Gasteiger partial charge in [-0.2, -0.15) is 5.26 Å². The SMILES string of the molecule is Cc1cn(CC(C)C)c(=O)c(C#N)c1C. The van der Waals surface area contributed by atoms with Crippen LogP contribution in [0, 0.1) is 31.1 Å². The lowest BCUT2D eigenvalue weighted by Gasteiger charge is -2.12. The van der Waals surface area contributed by atoms with Crippen molar-refractivity contribution in [2.75, 3.05) is 0 Å². The van der Waals surface area contributed by atoms with Gasteiger partial charge in [-0.3, -0.25) is 4.79 Å². The maximum absolute atomic E-state index is 11.8. The lowest BCUT2D eigenvalue weighted by atomic mass is 10.1. The Morgan fingerprint density at radius 2 is 2.07 bits per heavy atom. The van der Waals surface area contributed by atoms with Crippen molar-refractivity contribution in [3.63, 3.8) is 0 Å². The summed E-state index contributed by atoms with van der Waals surface area (Å²) in [5.41, 5.74) is 1.89. The quantitative estimate of drug-likeness (QED) is 0.739. The Bertz CT molecular complexity index is 464. The molecule has 80 valence electrons. The van der Waals surface area contributed by atoms with Crippen LogP contribution in [-0.4, -0.2) is 4.57 Å². The predicted octanol–water partition coefficient (Wildman–Crippen LogP) is 1.99. The summed E-state index contributed by atoms with van der Waals surface area (Å²) in [5.74, 6) is 0.399. The van der Waals surface area contributed by atoms with Crippen molar-refractivity contribution >= 4 is 0 Å². The smallest absolute Gasteiger partial charge is 0.268 e. The second kappa shape index (κ2) is 4.31. The third-order valence-electron chi connectivity index (χ3n) is 2.46. The molecule has 0 unspecified atom stereocenters. The largest absolute Gasteiger partial charge is 0.314 e. The van der Waals surface area contributed by atoms with Gasteiger partial charge in [0.05, 0.1) is 0 Å². The Balaban J connectivity index is 3.39. The zero-order valence-electron chi connectivity index (χ0n) is 9.66. The van der Waals surface area contributed by atoms with E-state index in [1.54, 1.807) is 4.57 Å². The molecule has 0 aliphatic heterocycles. The Labute approximate surface area is 90.0 Å². The number of pyridine rings is 1. The summed E-state index contributed by atoms with van der Waals surface area (Å²) in [4.78, 5) is 11.8. The van der Waals surface area contributed by atoms with Crippen molar-refractivity contribution in [2.45, 2.75) is 34.2 Å². The minimum Gasteiger partial charge on any atom is -0.314 e. The average molecular weight is 204 g/mol. The van der Waals surface area contributed by atoms with Crippen LogP contribution >= 0.6 is 0 Å². The number of aromatic nitrogens is 1. The molecule has 0 spiro atoms. The minimum atomic E-state index is -0.172. The predicted molar refractivity (Wildman–Crippen MR) is 59.7 cm³/mol. The molecule has 3 nitrogen and oxygen atoms in total. The van der Waals surface area contributed by atoms with E-state index >= 15 is 0 Å². The highest BCUT2D eigenvalue weighted by atomic mass is 16.1. The molecule has 0 atom stereocenters. The Morgan fingerprint density at radius 1 is 1.47 bits per heavy atom. The van der Waals surface area contributed by atoms with Crippen molar-refractivity contribution in [1.82, 2.24) is 4.57 Å². The maximum atomic E-state index is 11.8. The maximum Gasteiger partial charge on any atom is 0.268 e. The van der Waals surface area contributed by atoms with Gasteiger partial charge in [0.2, 0.25) is 0 Å². The van der Waals surface area contributed by atoms with Gasteiger partial charge >= 0.3 is 0 Å². The highest BCUT2D eigenvalue weighted by Crippen LogP contribution is 2.08. The fourth-order valence-electron chi connectivity index (χ4n) is 1.55. The van der Waals surface area contributed by atoms with Crippen LogP contribution in [0.25, 0.3) is 0 Å². The van der Waals surface area contributed by atoms with Crippen LogP contribution < -0.4 is 5.56 Å². The van der Waals surface area contributed by atoms with E-state index in [1.165, 1.54) is 0 Å². The molecular formula is C12H16N2O. The first-order chi connectivity index (χ1) is 6.97. The fraction of sp³-hybridized carbons (Fsp3) is 0.500. The third kappa shape index (κ3) is 2.27. The molecule has 1 rings (SSSR count). The molecule has 1 aromatic rings. The molecule has 0 aliphatic rings. The lowest BCUT2D eigenvalue weighted by molar-refractivity contribution is 0.509. The number of nitriles is 1. The Kier molecular flexibility index (Phi) is 3.31. The van der Waals surface area contributed by atoms with Crippen LogP contribution in [0.3, 0.4) is 0 Å². The second-order valence-electron chi connectivity index (χ2n) is 4.28. The molecule has 0 saturated heterocycles. The number of hydrogen-bond donors (Lipinski definition) is 0. The summed E-state index contributed by atoms with van der Waals surface area (Å²) in [6, 6.07) is 1.98. The summed E-state index contributed by atoms with van der Waals surface area (Å²) >= 11 is 0. The zero-order valence-corrected chi connectivity index (χ0v) is 9.66. The van der Waals surface area contributed by atoms with E-state index in [-0.39, 0.29) is 11.1 Å². The van der Waals surface area contributed by atoms with E-state index in [0.29, 0.717) is 12.5 Å². The first-order valence-corrected chi connectivity index (χ1v) is 5.08. The van der Waals surface area contributed by atoms with Gasteiger partial charge in [-0.25, -0.2) is 0 Å². The van der Waals surface area contributed by atoms with Gasteiger partial charge in [0.1, 0.15) is 11.6 Å². The molecule has 0 N–H and O–H groups in total. The molecule has 15 heavy (non-hydrogen) atoms. The molecule has 0 aromatic carbocycles. The van der Waals surface area contributed by atoms with Crippen molar-refractivity contribution in [3.8, 4) is 6.07 Å². The van der Waals surface area contributed by atoms with Gasteiger partial charge in [0.15, 0.2) is 0 Å². The van der Waals surface area contributed by atoms with E-state index < -0.39 is 0 Å². The van der Waals surface area contributed by atoms with Crippen molar-refractivity contribution in [2.24, 2.45) is 5.92 Å². The molecule has 0 bridgehead atoms. The van der Waals surface area contributed by atoms with Crippen molar-refractivity contribution < 1.29 is 0 Å². The number of rotatable bonds is 2. The van der Waals surface area contributed by atoms with Crippen molar-refractivity contribution in [3.05, 3.63) is 33.2 Å². The normalized spacial score (nSPS) is 10.4. The summed E-state index contributed by atoms with van der Waals surface area (Å²) in [6.07, 6.45) is 1.83. The van der Waals surface area contributed by atoms with E-state index in [1.807, 2.05) is 40.0 Å². The molecule has 0 fully saturated rings. The van der Waals surface area contributed by atoms with Crippen LogP contribution in [0.1, 0.15) is 30.5 Å². The molecule has 0 amide bonds. The Morgan fingerprint density at radius 3 is 2.53 bits per heavy atom. The van der Waals surface area contributed by atoms with E-state index in [9.17, 15) is 4.79 Å². The molecule has 3 heteroatoms. The molecule has 1 heterocycles. The number of aryl methyl sites for hydroxylation is 1. The highest BCUT2D eigenvalue weighted by Gasteiger charge is 2.10. The van der Waals surface area contributed by atoms with Crippen molar-refractivity contribution in [1.29, 1.82) is 5.26 Å². The van der Waals surface area contributed by atoms with E-state index in [0.717, 1.165) is 11.1 Å². The zero-order chi connectivity index (χ0) is 11.6. The summed E-state index contributed by atoms with van der Waals surface area (Å²) in [6.45, 7) is 8.50. The van der Waals surface area contributed by atoms with Gasteiger partial charge in [0.25, 0.3) is 5.56 Å². The van der Waals surface area contributed by atoms with Gasteiger partial charge in [-0.05, 0) is 30.9 Å². The van der Waals surface area contributed by atoms with Gasteiger partial charge < -0.3 is 4.57 Å². The monoisotopic (exact) mass is 204 g/mol. The third-order valence-corrected chi connectivity index (χ3v) is 2.46. The van der Waals surface area contributed by atoms with Crippen LogP contribution in [0.4, 0.5) is 0 Å². The molecule has 0 radical (unpaired) electrons. The van der Waals surface area contributed by atoms with Gasteiger partial charge in [-0.15, -0.1) is 0 Å². The van der Waals surface area contributed by atoms with E-state index in [2.05, 4.69) is 0 Å².